The van der Waals surface area contributed by atoms with Crippen LogP contribution in [0.2, 0.25) is 0 Å². The Labute approximate surface area is 188 Å². The topological polar surface area (TPSA) is 20.3 Å². The van der Waals surface area contributed by atoms with Crippen LogP contribution in [0.25, 0.3) is 0 Å². The molecule has 0 aliphatic rings. The third-order valence-corrected chi connectivity index (χ3v) is 6.34. The van der Waals surface area contributed by atoms with E-state index in [2.05, 4.69) is 27.7 Å². The summed E-state index contributed by atoms with van der Waals surface area (Å²) in [5.41, 5.74) is 0. The molecule has 0 saturated carbocycles. The Morgan fingerprint density at radius 3 is 1.52 bits per heavy atom. The van der Waals surface area contributed by atoms with Gasteiger partial charge in [-0.15, -0.1) is 0 Å². The molecule has 0 fully saturated rings. The Morgan fingerprint density at radius 1 is 0.704 bits per heavy atom. The summed E-state index contributed by atoms with van der Waals surface area (Å²) in [6.07, 6.45) is 15.4. The number of unbranched alkanes of at least 4 members (excludes halogenated alkanes) is 10. The molecule has 0 aliphatic heterocycles. The number of likely N-dealkylation sites (N-methyl/N-ethyl adjacent to an activating group) is 2. The molecule has 3 nitrogen and oxygen atoms in total. The molecule has 0 unspecified atom stereocenters. The van der Waals surface area contributed by atoms with Gasteiger partial charge >= 0.3 is 0 Å². The van der Waals surface area contributed by atoms with Crippen LogP contribution in [0.3, 0.4) is 0 Å². The van der Waals surface area contributed by atoms with Gasteiger partial charge in [-0.1, -0.05) is 71.1 Å². The molecule has 0 rings (SSSR count). The first-order chi connectivity index (χ1) is 12.5. The smallest absolute Gasteiger partial charge is 0.222 e. The SMILES string of the molecule is CCCCCCCCCCCCCC(=O)N(C)CC[N+](CC)(CC)CC.[I-]. The molecule has 0 aromatic heterocycles. The Bertz CT molecular complexity index is 324. The number of amides is 1. The summed E-state index contributed by atoms with van der Waals surface area (Å²) in [4.78, 5) is 14.3. The van der Waals surface area contributed by atoms with Gasteiger partial charge in [0, 0.05) is 13.5 Å². The number of hydrogen-bond acceptors (Lipinski definition) is 1. The van der Waals surface area contributed by atoms with Gasteiger partial charge < -0.3 is 33.4 Å². The van der Waals surface area contributed by atoms with Crippen LogP contribution in [0.4, 0.5) is 0 Å². The van der Waals surface area contributed by atoms with Crippen LogP contribution in [-0.2, 0) is 4.79 Å². The predicted octanol–water partition coefficient (Wildman–Crippen LogP) is 3.03. The van der Waals surface area contributed by atoms with Gasteiger partial charge in [0.05, 0.1) is 32.7 Å². The zero-order valence-electron chi connectivity index (χ0n) is 19.2. The second-order valence-electron chi connectivity index (χ2n) is 8.11. The molecule has 1 amide bonds. The van der Waals surface area contributed by atoms with Crippen LogP contribution >= 0.6 is 0 Å². The highest BCUT2D eigenvalue weighted by Gasteiger charge is 2.21. The summed E-state index contributed by atoms with van der Waals surface area (Å²) in [6, 6.07) is 0. The first-order valence-corrected chi connectivity index (χ1v) is 11.6. The molecule has 0 heterocycles. The zero-order chi connectivity index (χ0) is 19.7. The van der Waals surface area contributed by atoms with E-state index in [1.54, 1.807) is 0 Å². The molecule has 164 valence electrons. The van der Waals surface area contributed by atoms with Crippen molar-refractivity contribution < 1.29 is 33.3 Å². The molecular weight excluding hydrogens is 447 g/mol. The molecular formula is C23H49IN2O. The lowest BCUT2D eigenvalue weighted by Gasteiger charge is -2.37. The predicted molar refractivity (Wildman–Crippen MR) is 115 cm³/mol. The van der Waals surface area contributed by atoms with E-state index in [0.717, 1.165) is 50.0 Å². The molecule has 4 heteroatoms. The van der Waals surface area contributed by atoms with Gasteiger partial charge in [0.15, 0.2) is 0 Å². The Balaban J connectivity index is 0. The summed E-state index contributed by atoms with van der Waals surface area (Å²) in [6.45, 7) is 14.5. The van der Waals surface area contributed by atoms with E-state index in [-0.39, 0.29) is 24.0 Å². The van der Waals surface area contributed by atoms with Crippen molar-refractivity contribution in [3.63, 3.8) is 0 Å². The molecule has 27 heavy (non-hydrogen) atoms. The first kappa shape index (κ1) is 29.4. The standard InChI is InChI=1S/C23H49N2O.HI/c1-6-10-11-12-13-14-15-16-17-18-19-20-23(26)24(5)21-22-25(7-2,8-3)9-4;/h6-22H2,1-5H3;1H/q+1;/p-1. The van der Waals surface area contributed by atoms with Crippen molar-refractivity contribution in [2.75, 3.05) is 39.8 Å². The van der Waals surface area contributed by atoms with Crippen LogP contribution < -0.4 is 24.0 Å². The third kappa shape index (κ3) is 14.8. The Hall–Kier alpha value is 0.160. The van der Waals surface area contributed by atoms with E-state index >= 15 is 0 Å². The molecule has 0 bridgehead atoms. The molecule has 0 spiro atoms. The van der Waals surface area contributed by atoms with Gasteiger partial charge in [-0.25, -0.2) is 0 Å². The number of nitrogens with zero attached hydrogens (tertiary/aromatic N) is 2. The highest BCUT2D eigenvalue weighted by Crippen LogP contribution is 2.12. The van der Waals surface area contributed by atoms with Gasteiger partial charge in [0.25, 0.3) is 0 Å². The average Bonchev–Trinajstić information content (AvgIpc) is 2.67. The van der Waals surface area contributed by atoms with Crippen LogP contribution in [0.15, 0.2) is 0 Å². The van der Waals surface area contributed by atoms with E-state index in [9.17, 15) is 4.79 Å². The number of halogens is 1. The average molecular weight is 497 g/mol. The monoisotopic (exact) mass is 496 g/mol. The van der Waals surface area contributed by atoms with Crippen LogP contribution in [-0.4, -0.2) is 55.1 Å². The van der Waals surface area contributed by atoms with Crippen molar-refractivity contribution in [1.82, 2.24) is 4.90 Å². The van der Waals surface area contributed by atoms with Crippen molar-refractivity contribution in [3.05, 3.63) is 0 Å². The number of quaternary nitrogens is 1. The second-order valence-corrected chi connectivity index (χ2v) is 8.11. The molecule has 0 aromatic rings. The summed E-state index contributed by atoms with van der Waals surface area (Å²) >= 11 is 0. The van der Waals surface area contributed by atoms with Crippen molar-refractivity contribution in [2.24, 2.45) is 0 Å². The normalized spacial score (nSPS) is 11.3. The fourth-order valence-electron chi connectivity index (χ4n) is 3.76. The summed E-state index contributed by atoms with van der Waals surface area (Å²) in [5, 5.41) is 0. The fourth-order valence-corrected chi connectivity index (χ4v) is 3.76. The van der Waals surface area contributed by atoms with E-state index in [1.807, 2.05) is 11.9 Å². The first-order valence-electron chi connectivity index (χ1n) is 11.6. The third-order valence-electron chi connectivity index (χ3n) is 6.34. The Kier molecular flexibility index (Phi) is 21.2. The number of rotatable bonds is 18. The lowest BCUT2D eigenvalue weighted by atomic mass is 10.1. The summed E-state index contributed by atoms with van der Waals surface area (Å²) < 4.78 is 1.12. The van der Waals surface area contributed by atoms with Crippen LogP contribution in [0, 0.1) is 0 Å². The second kappa shape index (κ2) is 19.5. The molecule has 0 saturated heterocycles. The molecule has 0 radical (unpaired) electrons. The maximum absolute atomic E-state index is 12.3. The maximum atomic E-state index is 12.3. The highest BCUT2D eigenvalue weighted by atomic mass is 127. The quantitative estimate of drug-likeness (QED) is 0.162. The van der Waals surface area contributed by atoms with E-state index < -0.39 is 0 Å². The fraction of sp³-hybridized carbons (Fsp3) is 0.957. The number of carbonyl (C=O) groups excluding carboxylic acids is 1. The van der Waals surface area contributed by atoms with E-state index in [1.165, 1.54) is 64.2 Å². The minimum atomic E-state index is 0. The molecule has 0 aromatic carbocycles. The largest absolute Gasteiger partial charge is 1.00 e. The van der Waals surface area contributed by atoms with Gasteiger partial charge in [-0.2, -0.15) is 0 Å². The summed E-state index contributed by atoms with van der Waals surface area (Å²) in [5.74, 6) is 0.335. The van der Waals surface area contributed by atoms with Crippen molar-refractivity contribution in [1.29, 1.82) is 0 Å². The van der Waals surface area contributed by atoms with Crippen LogP contribution in [0.1, 0.15) is 105 Å². The lowest BCUT2D eigenvalue weighted by molar-refractivity contribution is -0.922. The zero-order valence-corrected chi connectivity index (χ0v) is 21.4. The van der Waals surface area contributed by atoms with Gasteiger partial charge in [0.2, 0.25) is 5.91 Å². The molecule has 0 atom stereocenters. The number of hydrogen-bond donors (Lipinski definition) is 0. The maximum Gasteiger partial charge on any atom is 0.222 e. The number of carbonyl (C=O) groups is 1. The van der Waals surface area contributed by atoms with Crippen molar-refractivity contribution >= 4 is 5.91 Å². The lowest BCUT2D eigenvalue weighted by Crippen LogP contribution is -3.00. The minimum Gasteiger partial charge on any atom is -1.00 e. The molecule has 0 N–H and O–H groups in total. The Morgan fingerprint density at radius 2 is 1.11 bits per heavy atom. The van der Waals surface area contributed by atoms with Gasteiger partial charge in [-0.05, 0) is 27.2 Å². The highest BCUT2D eigenvalue weighted by molar-refractivity contribution is 5.75. The summed E-state index contributed by atoms with van der Waals surface area (Å²) in [7, 11) is 1.98. The minimum absolute atomic E-state index is 0. The van der Waals surface area contributed by atoms with Crippen molar-refractivity contribution in [3.8, 4) is 0 Å². The van der Waals surface area contributed by atoms with Gasteiger partial charge in [0.1, 0.15) is 0 Å². The van der Waals surface area contributed by atoms with E-state index in [4.69, 9.17) is 0 Å². The van der Waals surface area contributed by atoms with E-state index in [0.29, 0.717) is 5.91 Å². The van der Waals surface area contributed by atoms with Crippen LogP contribution in [0.5, 0.6) is 0 Å². The van der Waals surface area contributed by atoms with Crippen molar-refractivity contribution in [2.45, 2.75) is 105 Å². The van der Waals surface area contributed by atoms with Gasteiger partial charge in [-0.3, -0.25) is 4.79 Å². The molecule has 0 aliphatic carbocycles.